The lowest BCUT2D eigenvalue weighted by Gasteiger charge is -2.24. The summed E-state index contributed by atoms with van der Waals surface area (Å²) in [5.41, 5.74) is 6.96. The highest BCUT2D eigenvalue weighted by Crippen LogP contribution is 2.19. The molecule has 0 aliphatic carbocycles. The largest absolute Gasteiger partial charge is 0.481 e. The lowest BCUT2D eigenvalue weighted by molar-refractivity contribution is -0.142. The Morgan fingerprint density at radius 2 is 1.65 bits per heavy atom. The molecule has 5 nitrogen and oxygen atoms in total. The Morgan fingerprint density at radius 3 is 2.15 bits per heavy atom. The highest BCUT2D eigenvalue weighted by Gasteiger charge is 2.26. The smallest absolute Gasteiger partial charge is 0.308 e. The summed E-state index contributed by atoms with van der Waals surface area (Å²) in [5.74, 6) is -2.24. The van der Waals surface area contributed by atoms with Crippen molar-refractivity contribution in [2.24, 2.45) is 17.6 Å². The van der Waals surface area contributed by atoms with Gasteiger partial charge in [-0.05, 0) is 19.4 Å². The van der Waals surface area contributed by atoms with Crippen LogP contribution in [0.2, 0.25) is 0 Å². The maximum Gasteiger partial charge on any atom is 0.308 e. The molecule has 0 aliphatic heterocycles. The van der Waals surface area contributed by atoms with Gasteiger partial charge in [0.1, 0.15) is 0 Å². The van der Waals surface area contributed by atoms with Crippen molar-refractivity contribution in [1.82, 2.24) is 5.32 Å². The van der Waals surface area contributed by atoms with Crippen LogP contribution in [0.25, 0.3) is 0 Å². The molecule has 1 rings (SSSR count). The summed E-state index contributed by atoms with van der Waals surface area (Å²) >= 11 is 0. The molecule has 0 spiro atoms. The Morgan fingerprint density at radius 1 is 1.10 bits per heavy atom. The molecular formula is C15H22N2O3. The average molecular weight is 278 g/mol. The summed E-state index contributed by atoms with van der Waals surface area (Å²) in [6.45, 7) is 4.98. The van der Waals surface area contributed by atoms with E-state index in [2.05, 4.69) is 5.32 Å². The van der Waals surface area contributed by atoms with Crippen molar-refractivity contribution in [3.8, 4) is 0 Å². The van der Waals surface area contributed by atoms with E-state index in [0.29, 0.717) is 0 Å². The number of benzene rings is 1. The third-order valence-corrected chi connectivity index (χ3v) is 3.65. The predicted octanol–water partition coefficient (Wildman–Crippen LogP) is 1.55. The molecule has 0 saturated heterocycles. The van der Waals surface area contributed by atoms with Gasteiger partial charge in [-0.1, -0.05) is 37.3 Å². The number of hydrogen-bond acceptors (Lipinski definition) is 3. The second-order valence-electron chi connectivity index (χ2n) is 5.15. The van der Waals surface area contributed by atoms with Gasteiger partial charge in [0.25, 0.3) is 0 Å². The number of carbonyl (C=O) groups excluding carboxylic acids is 1. The van der Waals surface area contributed by atoms with E-state index >= 15 is 0 Å². The highest BCUT2D eigenvalue weighted by atomic mass is 16.4. The fourth-order valence-corrected chi connectivity index (χ4v) is 1.82. The van der Waals surface area contributed by atoms with Crippen molar-refractivity contribution < 1.29 is 14.7 Å². The van der Waals surface area contributed by atoms with E-state index in [-0.39, 0.29) is 5.91 Å². The van der Waals surface area contributed by atoms with Crippen LogP contribution in [0.15, 0.2) is 30.3 Å². The van der Waals surface area contributed by atoms with E-state index in [9.17, 15) is 9.59 Å². The van der Waals surface area contributed by atoms with E-state index in [1.54, 1.807) is 20.8 Å². The summed E-state index contributed by atoms with van der Waals surface area (Å²) < 4.78 is 0. The molecule has 4 atom stereocenters. The van der Waals surface area contributed by atoms with E-state index in [0.717, 1.165) is 5.56 Å². The fourth-order valence-electron chi connectivity index (χ4n) is 1.82. The number of nitrogens with two attached hydrogens (primary N) is 1. The Kier molecular flexibility index (Phi) is 5.70. The number of amides is 1. The molecule has 0 aliphatic rings. The Bertz CT molecular complexity index is 461. The van der Waals surface area contributed by atoms with E-state index in [4.69, 9.17) is 10.8 Å². The van der Waals surface area contributed by atoms with E-state index in [1.807, 2.05) is 30.3 Å². The molecule has 0 aromatic heterocycles. The number of nitrogens with one attached hydrogen (secondary N) is 1. The van der Waals surface area contributed by atoms with Gasteiger partial charge in [-0.25, -0.2) is 0 Å². The summed E-state index contributed by atoms with van der Waals surface area (Å²) in [5, 5.41) is 11.6. The second-order valence-corrected chi connectivity index (χ2v) is 5.15. The van der Waals surface area contributed by atoms with Gasteiger partial charge in [-0.15, -0.1) is 0 Å². The normalized spacial score (nSPS) is 16.8. The van der Waals surface area contributed by atoms with Crippen LogP contribution in [-0.4, -0.2) is 23.0 Å². The Hall–Kier alpha value is -1.88. The number of aliphatic carboxylic acids is 1. The minimum atomic E-state index is -0.933. The van der Waals surface area contributed by atoms with Crippen LogP contribution in [0.4, 0.5) is 0 Å². The van der Waals surface area contributed by atoms with Gasteiger partial charge in [-0.3, -0.25) is 9.59 Å². The number of rotatable bonds is 6. The number of hydrogen-bond donors (Lipinski definition) is 3. The van der Waals surface area contributed by atoms with Gasteiger partial charge in [0, 0.05) is 12.1 Å². The molecule has 110 valence electrons. The molecule has 4 N–H and O–H groups in total. The number of carboxylic acids is 1. The number of carboxylic acid groups (broad SMARTS) is 1. The molecule has 1 amide bonds. The van der Waals surface area contributed by atoms with Crippen molar-refractivity contribution in [2.75, 3.05) is 0 Å². The molecule has 20 heavy (non-hydrogen) atoms. The van der Waals surface area contributed by atoms with E-state index in [1.165, 1.54) is 0 Å². The molecule has 0 fully saturated rings. The van der Waals surface area contributed by atoms with Crippen LogP contribution in [0, 0.1) is 11.8 Å². The van der Waals surface area contributed by atoms with Crippen LogP contribution >= 0.6 is 0 Å². The first kappa shape index (κ1) is 16.2. The zero-order valence-corrected chi connectivity index (χ0v) is 12.0. The first-order valence-corrected chi connectivity index (χ1v) is 6.68. The van der Waals surface area contributed by atoms with Crippen LogP contribution in [0.5, 0.6) is 0 Å². The maximum atomic E-state index is 12.1. The molecule has 0 heterocycles. The molecule has 0 bridgehead atoms. The lowest BCUT2D eigenvalue weighted by atomic mass is 9.94. The van der Waals surface area contributed by atoms with Crippen LogP contribution < -0.4 is 11.1 Å². The minimum Gasteiger partial charge on any atom is -0.481 e. The average Bonchev–Trinajstić information content (AvgIpc) is 2.45. The zero-order valence-electron chi connectivity index (χ0n) is 12.0. The van der Waals surface area contributed by atoms with Gasteiger partial charge in [0.15, 0.2) is 0 Å². The quantitative estimate of drug-likeness (QED) is 0.736. The van der Waals surface area contributed by atoms with Crippen molar-refractivity contribution in [2.45, 2.75) is 32.9 Å². The summed E-state index contributed by atoms with van der Waals surface area (Å²) in [4.78, 5) is 23.0. The third-order valence-electron chi connectivity index (χ3n) is 3.65. The third kappa shape index (κ3) is 4.06. The molecule has 1 aromatic carbocycles. The second kappa shape index (κ2) is 7.05. The standard InChI is InChI=1S/C15H22N2O3/c1-9(15(19)20)11(3)17-14(18)10(2)13(16)12-7-5-4-6-8-12/h4-11,13H,16H2,1-3H3,(H,17,18)(H,19,20). The monoisotopic (exact) mass is 278 g/mol. The Labute approximate surface area is 119 Å². The minimum absolute atomic E-state index is 0.234. The van der Waals surface area contributed by atoms with Crippen LogP contribution in [0.1, 0.15) is 32.4 Å². The SMILES string of the molecule is CC(NC(=O)C(C)C(N)c1ccccc1)C(C)C(=O)O. The zero-order chi connectivity index (χ0) is 15.3. The first-order chi connectivity index (χ1) is 9.34. The summed E-state index contributed by atoms with van der Waals surface area (Å²) in [7, 11) is 0. The Balaban J connectivity index is 2.65. The molecule has 4 unspecified atom stereocenters. The van der Waals surface area contributed by atoms with Gasteiger partial charge < -0.3 is 16.2 Å². The van der Waals surface area contributed by atoms with Crippen molar-refractivity contribution in [3.63, 3.8) is 0 Å². The van der Waals surface area contributed by atoms with E-state index < -0.39 is 29.9 Å². The first-order valence-electron chi connectivity index (χ1n) is 6.68. The molecule has 1 aromatic rings. The number of carbonyl (C=O) groups is 2. The van der Waals surface area contributed by atoms with Crippen molar-refractivity contribution >= 4 is 11.9 Å². The van der Waals surface area contributed by atoms with Crippen molar-refractivity contribution in [1.29, 1.82) is 0 Å². The van der Waals surface area contributed by atoms with Gasteiger partial charge in [0.2, 0.25) is 5.91 Å². The molecular weight excluding hydrogens is 256 g/mol. The molecule has 0 saturated carbocycles. The molecule has 0 radical (unpaired) electrons. The molecule has 5 heteroatoms. The van der Waals surface area contributed by atoms with Crippen LogP contribution in [0.3, 0.4) is 0 Å². The fraction of sp³-hybridized carbons (Fsp3) is 0.467. The lowest BCUT2D eigenvalue weighted by Crippen LogP contribution is -2.44. The predicted molar refractivity (Wildman–Crippen MR) is 76.9 cm³/mol. The maximum absolute atomic E-state index is 12.1. The highest BCUT2D eigenvalue weighted by molar-refractivity contribution is 5.80. The summed E-state index contributed by atoms with van der Waals surface area (Å²) in [6, 6.07) is 8.52. The van der Waals surface area contributed by atoms with Gasteiger partial charge in [-0.2, -0.15) is 0 Å². The van der Waals surface area contributed by atoms with Crippen molar-refractivity contribution in [3.05, 3.63) is 35.9 Å². The topological polar surface area (TPSA) is 92.4 Å². The summed E-state index contributed by atoms with van der Waals surface area (Å²) in [6.07, 6.45) is 0. The van der Waals surface area contributed by atoms with Gasteiger partial charge in [0.05, 0.1) is 11.8 Å². The van der Waals surface area contributed by atoms with Gasteiger partial charge >= 0.3 is 5.97 Å². The van der Waals surface area contributed by atoms with Crippen LogP contribution in [-0.2, 0) is 9.59 Å².